The molecule has 0 fully saturated rings. The number of benzene rings is 1. The van der Waals surface area contributed by atoms with Crippen LogP contribution in [0.2, 0.25) is 0 Å². The minimum atomic E-state index is -3.80. The van der Waals surface area contributed by atoms with E-state index in [0.717, 1.165) is 0 Å². The van der Waals surface area contributed by atoms with Crippen LogP contribution in [0.25, 0.3) is 11.5 Å². The van der Waals surface area contributed by atoms with Crippen LogP contribution in [-0.2, 0) is 16.6 Å². The molecule has 8 heteroatoms. The quantitative estimate of drug-likeness (QED) is 0.680. The van der Waals surface area contributed by atoms with Crippen LogP contribution >= 0.6 is 0 Å². The van der Waals surface area contributed by atoms with E-state index < -0.39 is 10.0 Å². The van der Waals surface area contributed by atoms with Gasteiger partial charge in [-0.15, -0.1) is 0 Å². The third-order valence-electron chi connectivity index (χ3n) is 3.51. The summed E-state index contributed by atoms with van der Waals surface area (Å²) >= 11 is 0. The lowest BCUT2D eigenvalue weighted by Crippen LogP contribution is -2.24. The fourth-order valence-corrected chi connectivity index (χ4v) is 3.28. The number of sulfonamides is 1. The van der Waals surface area contributed by atoms with Crippen LogP contribution in [0.1, 0.15) is 23.0 Å². The van der Waals surface area contributed by atoms with Crippen molar-refractivity contribution in [3.05, 3.63) is 66.3 Å². The van der Waals surface area contributed by atoms with Gasteiger partial charge in [-0.05, 0) is 31.2 Å². The molecule has 0 aliphatic heterocycles. The highest BCUT2D eigenvalue weighted by Crippen LogP contribution is 2.20. The van der Waals surface area contributed by atoms with Gasteiger partial charge in [-0.1, -0.05) is 12.1 Å². The topological polar surface area (TPSA) is 102 Å². The molecule has 0 bridgehead atoms. The monoisotopic (exact) mass is 357 g/mol. The second-order valence-electron chi connectivity index (χ2n) is 5.24. The Labute approximate surface area is 144 Å². The van der Waals surface area contributed by atoms with Crippen molar-refractivity contribution in [1.29, 1.82) is 0 Å². The third kappa shape index (κ3) is 3.81. The van der Waals surface area contributed by atoms with E-state index >= 15 is 0 Å². The second kappa shape index (κ2) is 6.96. The molecule has 0 spiro atoms. The lowest BCUT2D eigenvalue weighted by atomic mass is 10.2. The molecule has 0 saturated carbocycles. The van der Waals surface area contributed by atoms with E-state index in [4.69, 9.17) is 4.42 Å². The maximum atomic E-state index is 12.5. The van der Waals surface area contributed by atoms with Crippen molar-refractivity contribution >= 4 is 15.8 Å². The summed E-state index contributed by atoms with van der Waals surface area (Å²) in [4.78, 5) is 19.8. The van der Waals surface area contributed by atoms with Crippen LogP contribution in [0.4, 0.5) is 0 Å². The Morgan fingerprint density at radius 3 is 2.68 bits per heavy atom. The van der Waals surface area contributed by atoms with Gasteiger partial charge in [-0.25, -0.2) is 18.1 Å². The van der Waals surface area contributed by atoms with Crippen LogP contribution < -0.4 is 4.72 Å². The molecule has 0 amide bonds. The van der Waals surface area contributed by atoms with Gasteiger partial charge < -0.3 is 4.42 Å². The average Bonchev–Trinajstić information content (AvgIpc) is 3.15. The van der Waals surface area contributed by atoms with Crippen molar-refractivity contribution in [1.82, 2.24) is 14.7 Å². The van der Waals surface area contributed by atoms with Gasteiger partial charge in [0.15, 0.2) is 11.5 Å². The second-order valence-corrected chi connectivity index (χ2v) is 7.00. The molecule has 2 aromatic heterocycles. The number of carbonyl (C=O) groups is 1. The third-order valence-corrected chi connectivity index (χ3v) is 4.91. The van der Waals surface area contributed by atoms with Crippen LogP contribution in [0.3, 0.4) is 0 Å². The summed E-state index contributed by atoms with van der Waals surface area (Å²) in [5, 5.41) is 0. The van der Waals surface area contributed by atoms with E-state index in [1.54, 1.807) is 18.2 Å². The van der Waals surface area contributed by atoms with E-state index in [-0.39, 0.29) is 17.2 Å². The molecule has 3 aromatic rings. The number of nitrogens with one attached hydrogen (secondary N) is 1. The van der Waals surface area contributed by atoms with Crippen LogP contribution in [0.15, 0.2) is 64.4 Å². The molecule has 1 aromatic carbocycles. The van der Waals surface area contributed by atoms with Gasteiger partial charge in [0.05, 0.1) is 23.4 Å². The van der Waals surface area contributed by atoms with Crippen molar-refractivity contribution < 1.29 is 17.6 Å². The Bertz CT molecular complexity index is 998. The van der Waals surface area contributed by atoms with Crippen molar-refractivity contribution in [2.75, 3.05) is 0 Å². The molecule has 128 valence electrons. The zero-order chi connectivity index (χ0) is 17.9. The zero-order valence-corrected chi connectivity index (χ0v) is 14.2. The first kappa shape index (κ1) is 17.0. The van der Waals surface area contributed by atoms with Crippen molar-refractivity contribution in [2.24, 2.45) is 0 Å². The highest BCUT2D eigenvalue weighted by molar-refractivity contribution is 7.89. The van der Waals surface area contributed by atoms with Gasteiger partial charge in [0, 0.05) is 18.0 Å². The fraction of sp³-hybridized carbons (Fsp3) is 0.118. The number of nitrogens with zero attached hydrogens (tertiary/aromatic N) is 2. The number of carbonyl (C=O) groups excluding carboxylic acids is 1. The van der Waals surface area contributed by atoms with E-state index in [0.29, 0.717) is 22.7 Å². The average molecular weight is 357 g/mol. The first-order valence-electron chi connectivity index (χ1n) is 7.42. The normalized spacial score (nSPS) is 11.4. The molecule has 2 heterocycles. The summed E-state index contributed by atoms with van der Waals surface area (Å²) in [6, 6.07) is 9.30. The lowest BCUT2D eigenvalue weighted by molar-refractivity contribution is 0.101. The van der Waals surface area contributed by atoms with Gasteiger partial charge in [-0.3, -0.25) is 9.78 Å². The summed E-state index contributed by atoms with van der Waals surface area (Å²) in [5.74, 6) is 0.298. The smallest absolute Gasteiger partial charge is 0.240 e. The van der Waals surface area contributed by atoms with Crippen molar-refractivity contribution in [2.45, 2.75) is 18.4 Å². The molecule has 0 saturated heterocycles. The number of Topliss-reactive ketones (excluding diaryl/α,β-unsaturated/α-hetero) is 1. The fourth-order valence-electron chi connectivity index (χ4n) is 2.24. The Balaban J connectivity index is 1.84. The molecule has 0 aliphatic carbocycles. The van der Waals surface area contributed by atoms with E-state index in [9.17, 15) is 13.2 Å². The predicted molar refractivity (Wildman–Crippen MR) is 90.2 cm³/mol. The highest BCUT2D eigenvalue weighted by atomic mass is 32.2. The summed E-state index contributed by atoms with van der Waals surface area (Å²) in [6.07, 6.45) is 4.49. The van der Waals surface area contributed by atoms with Crippen molar-refractivity contribution in [3.8, 4) is 11.5 Å². The van der Waals surface area contributed by atoms with Gasteiger partial charge in [0.1, 0.15) is 5.69 Å². The Hall–Kier alpha value is -2.84. The molecule has 1 N–H and O–H groups in total. The maximum Gasteiger partial charge on any atom is 0.240 e. The molecule has 7 nitrogen and oxygen atoms in total. The first-order valence-corrected chi connectivity index (χ1v) is 8.90. The SMILES string of the molecule is CC(=O)c1cccc(S(=O)(=O)NCc2nccnc2-c2ccco2)c1. The van der Waals surface area contributed by atoms with Gasteiger partial charge in [0.25, 0.3) is 0 Å². The standard InChI is InChI=1S/C17H15N3O4S/c1-12(21)13-4-2-5-14(10-13)25(22,23)20-11-15-17(19-8-7-18-15)16-6-3-9-24-16/h2-10,20H,11H2,1H3. The number of hydrogen-bond acceptors (Lipinski definition) is 6. The number of furan rings is 1. The van der Waals surface area contributed by atoms with Gasteiger partial charge >= 0.3 is 0 Å². The number of rotatable bonds is 6. The predicted octanol–water partition coefficient (Wildman–Crippen LogP) is 2.42. The van der Waals surface area contributed by atoms with Crippen LogP contribution in [0.5, 0.6) is 0 Å². The van der Waals surface area contributed by atoms with Crippen molar-refractivity contribution in [3.63, 3.8) is 0 Å². The minimum Gasteiger partial charge on any atom is -0.463 e. The number of aromatic nitrogens is 2. The molecule has 3 rings (SSSR count). The van der Waals surface area contributed by atoms with Gasteiger partial charge in [0.2, 0.25) is 10.0 Å². The summed E-state index contributed by atoms with van der Waals surface area (Å²) in [6.45, 7) is 1.32. The summed E-state index contributed by atoms with van der Waals surface area (Å²) in [5.41, 5.74) is 1.23. The zero-order valence-electron chi connectivity index (χ0n) is 13.3. The molecular formula is C17H15N3O4S. The van der Waals surface area contributed by atoms with Crippen LogP contribution in [0, 0.1) is 0 Å². The number of ketones is 1. The van der Waals surface area contributed by atoms with E-state index in [1.165, 1.54) is 43.8 Å². The Kier molecular flexibility index (Phi) is 4.73. The summed E-state index contributed by atoms with van der Waals surface area (Å²) < 4.78 is 32.7. The van der Waals surface area contributed by atoms with Gasteiger partial charge in [-0.2, -0.15) is 0 Å². The first-order chi connectivity index (χ1) is 12.0. The maximum absolute atomic E-state index is 12.5. The molecule has 0 atom stereocenters. The highest BCUT2D eigenvalue weighted by Gasteiger charge is 2.17. The Morgan fingerprint density at radius 2 is 1.96 bits per heavy atom. The van der Waals surface area contributed by atoms with E-state index in [2.05, 4.69) is 14.7 Å². The lowest BCUT2D eigenvalue weighted by Gasteiger charge is -2.09. The molecule has 0 unspecified atom stereocenters. The largest absolute Gasteiger partial charge is 0.463 e. The molecule has 0 radical (unpaired) electrons. The Morgan fingerprint density at radius 1 is 1.16 bits per heavy atom. The molecular weight excluding hydrogens is 342 g/mol. The minimum absolute atomic E-state index is 0.0173. The molecule has 25 heavy (non-hydrogen) atoms. The van der Waals surface area contributed by atoms with Crippen LogP contribution in [-0.4, -0.2) is 24.2 Å². The summed E-state index contributed by atoms with van der Waals surface area (Å²) in [7, 11) is -3.80. The van der Waals surface area contributed by atoms with E-state index in [1.807, 2.05) is 0 Å². The number of hydrogen-bond donors (Lipinski definition) is 1. The molecule has 0 aliphatic rings.